The maximum atomic E-state index is 12.6. The second-order valence-electron chi connectivity index (χ2n) is 8.85. The molecular weight excluding hydrogens is 498 g/mol. The van der Waals surface area contributed by atoms with Gasteiger partial charge in [0.05, 0.1) is 28.1 Å². The summed E-state index contributed by atoms with van der Waals surface area (Å²) in [4.78, 5) is 28.4. The highest BCUT2D eigenvalue weighted by Crippen LogP contribution is 2.37. The van der Waals surface area contributed by atoms with Crippen LogP contribution >= 0.6 is 11.3 Å². The van der Waals surface area contributed by atoms with Gasteiger partial charge in [-0.2, -0.15) is 0 Å². The van der Waals surface area contributed by atoms with E-state index in [0.29, 0.717) is 29.2 Å². The maximum absolute atomic E-state index is 12.6. The Morgan fingerprint density at radius 3 is 2.11 bits per heavy atom. The van der Waals surface area contributed by atoms with Gasteiger partial charge in [-0.25, -0.2) is 13.4 Å². The van der Waals surface area contributed by atoms with E-state index in [-0.39, 0.29) is 5.78 Å². The average molecular weight is 522 g/mol. The Bertz CT molecular complexity index is 1560. The van der Waals surface area contributed by atoms with E-state index in [9.17, 15) is 23.1 Å². The van der Waals surface area contributed by atoms with Gasteiger partial charge in [-0.1, -0.05) is 47.7 Å². The summed E-state index contributed by atoms with van der Waals surface area (Å²) >= 11 is 1.42. The molecule has 1 saturated carbocycles. The van der Waals surface area contributed by atoms with Crippen molar-refractivity contribution < 1.29 is 23.1 Å². The number of Topliss-reactive ketones (excluding diaryl/α,β-unsaturated/α-hetero) is 1. The van der Waals surface area contributed by atoms with E-state index >= 15 is 0 Å². The highest BCUT2D eigenvalue weighted by atomic mass is 32.2. The van der Waals surface area contributed by atoms with Gasteiger partial charge in [0.25, 0.3) is 0 Å². The van der Waals surface area contributed by atoms with Crippen LogP contribution in [0.1, 0.15) is 23.2 Å². The van der Waals surface area contributed by atoms with E-state index < -0.39 is 27.8 Å². The number of carboxylic acids is 1. The van der Waals surface area contributed by atoms with E-state index in [1.165, 1.54) is 11.3 Å². The molecule has 1 aromatic heterocycles. The Labute approximate surface area is 212 Å². The maximum Gasteiger partial charge on any atom is 0.307 e. The minimum atomic E-state index is -3.35. The molecule has 0 aliphatic heterocycles. The molecule has 4 aromatic rings. The van der Waals surface area contributed by atoms with Gasteiger partial charge in [-0.15, -0.1) is 0 Å². The summed E-state index contributed by atoms with van der Waals surface area (Å²) in [5.41, 5.74) is 4.58. The fourth-order valence-electron chi connectivity index (χ4n) is 4.28. The van der Waals surface area contributed by atoms with Crippen LogP contribution in [0.2, 0.25) is 0 Å². The second kappa shape index (κ2) is 9.36. The zero-order valence-corrected chi connectivity index (χ0v) is 20.9. The van der Waals surface area contributed by atoms with Crippen molar-refractivity contribution in [2.75, 3.05) is 16.3 Å². The van der Waals surface area contributed by atoms with Crippen LogP contribution in [-0.2, 0) is 14.8 Å². The van der Waals surface area contributed by atoms with E-state index in [1.54, 1.807) is 30.3 Å². The highest BCUT2D eigenvalue weighted by molar-refractivity contribution is 7.92. The zero-order valence-electron chi connectivity index (χ0n) is 19.3. The number of aliphatic carboxylic acids is 1. The predicted octanol–water partition coefficient (Wildman–Crippen LogP) is 5.37. The number of carbonyl (C=O) groups is 2. The number of sulfonamides is 1. The van der Waals surface area contributed by atoms with Crippen LogP contribution in [0.15, 0.2) is 66.7 Å². The third-order valence-corrected chi connectivity index (χ3v) is 7.80. The van der Waals surface area contributed by atoms with Crippen LogP contribution in [0, 0.1) is 11.8 Å². The topological polar surface area (TPSA) is 125 Å². The molecule has 1 heterocycles. The van der Waals surface area contributed by atoms with Gasteiger partial charge in [0.2, 0.25) is 10.0 Å². The van der Waals surface area contributed by atoms with Crippen molar-refractivity contribution >= 4 is 59.8 Å². The van der Waals surface area contributed by atoms with Gasteiger partial charge in [0.15, 0.2) is 10.9 Å². The Kier molecular flexibility index (Phi) is 6.23. The van der Waals surface area contributed by atoms with Crippen molar-refractivity contribution in [2.45, 2.75) is 12.8 Å². The summed E-state index contributed by atoms with van der Waals surface area (Å²) in [6.45, 7) is 0. The lowest BCUT2D eigenvalue weighted by molar-refractivity contribution is -0.146. The Balaban J connectivity index is 1.26. The molecule has 5 rings (SSSR count). The quantitative estimate of drug-likeness (QED) is 0.266. The fraction of sp³-hybridized carbons (Fsp3) is 0.192. The van der Waals surface area contributed by atoms with Crippen molar-refractivity contribution in [3.8, 4) is 11.1 Å². The van der Waals surface area contributed by atoms with Gasteiger partial charge < -0.3 is 10.4 Å². The van der Waals surface area contributed by atoms with Crippen molar-refractivity contribution in [1.29, 1.82) is 0 Å². The van der Waals surface area contributed by atoms with Gasteiger partial charge in [-0.3, -0.25) is 14.3 Å². The van der Waals surface area contributed by atoms with Crippen molar-refractivity contribution in [2.24, 2.45) is 11.8 Å². The molecule has 10 heteroatoms. The number of anilines is 3. The van der Waals surface area contributed by atoms with Gasteiger partial charge in [-0.05, 0) is 54.3 Å². The Hall–Kier alpha value is -3.76. The SMILES string of the molecule is CS(=O)(=O)Nc1ccc2nc(Nc3ccc(-c4ccc(C(=O)[C@H]5CC[C@@H]5C(=O)O)cc4)cc3)sc2c1. The lowest BCUT2D eigenvalue weighted by Gasteiger charge is -2.31. The number of carbonyl (C=O) groups excluding carboxylic acids is 1. The summed E-state index contributed by atoms with van der Waals surface area (Å²) in [6.07, 6.45) is 2.29. The number of fused-ring (bicyclic) bond motifs is 1. The van der Waals surface area contributed by atoms with Crippen LogP contribution < -0.4 is 10.0 Å². The van der Waals surface area contributed by atoms with Crippen LogP contribution in [0.25, 0.3) is 21.3 Å². The molecule has 0 saturated heterocycles. The highest BCUT2D eigenvalue weighted by Gasteiger charge is 2.41. The number of thiazole rings is 1. The monoisotopic (exact) mass is 521 g/mol. The molecule has 1 aliphatic carbocycles. The average Bonchev–Trinajstić information content (AvgIpc) is 3.19. The molecule has 0 spiro atoms. The number of hydrogen-bond acceptors (Lipinski definition) is 7. The molecule has 0 amide bonds. The fourth-order valence-corrected chi connectivity index (χ4v) is 5.76. The zero-order chi connectivity index (χ0) is 25.4. The van der Waals surface area contributed by atoms with Crippen molar-refractivity contribution in [3.05, 3.63) is 72.3 Å². The van der Waals surface area contributed by atoms with Crippen LogP contribution in [0.5, 0.6) is 0 Å². The molecule has 1 fully saturated rings. The van der Waals surface area contributed by atoms with E-state index in [2.05, 4.69) is 15.0 Å². The molecule has 8 nitrogen and oxygen atoms in total. The minimum absolute atomic E-state index is 0.102. The molecule has 184 valence electrons. The van der Waals surface area contributed by atoms with Crippen LogP contribution in [0.4, 0.5) is 16.5 Å². The molecule has 0 unspecified atom stereocenters. The first kappa shape index (κ1) is 24.0. The van der Waals surface area contributed by atoms with Crippen LogP contribution in [-0.4, -0.2) is 36.5 Å². The molecule has 3 aromatic carbocycles. The number of aromatic nitrogens is 1. The van der Waals surface area contributed by atoms with E-state index in [4.69, 9.17) is 0 Å². The van der Waals surface area contributed by atoms with Gasteiger partial charge >= 0.3 is 5.97 Å². The first-order valence-electron chi connectivity index (χ1n) is 11.3. The number of ketones is 1. The number of hydrogen-bond donors (Lipinski definition) is 3. The summed E-state index contributed by atoms with van der Waals surface area (Å²) in [6, 6.07) is 20.3. The third-order valence-electron chi connectivity index (χ3n) is 6.26. The number of rotatable bonds is 8. The lowest BCUT2D eigenvalue weighted by atomic mass is 9.70. The Morgan fingerprint density at radius 1 is 0.917 bits per heavy atom. The molecule has 0 bridgehead atoms. The minimum Gasteiger partial charge on any atom is -0.481 e. The van der Waals surface area contributed by atoms with Crippen LogP contribution in [0.3, 0.4) is 0 Å². The van der Waals surface area contributed by atoms with E-state index in [0.717, 1.165) is 33.3 Å². The number of nitrogens with one attached hydrogen (secondary N) is 2. The number of carboxylic acid groups (broad SMARTS) is 1. The molecule has 3 N–H and O–H groups in total. The van der Waals surface area contributed by atoms with Gasteiger partial charge in [0, 0.05) is 17.2 Å². The lowest BCUT2D eigenvalue weighted by Crippen LogP contribution is -2.38. The number of benzene rings is 3. The number of nitrogens with zero attached hydrogens (tertiary/aromatic N) is 1. The third kappa shape index (κ3) is 5.09. The summed E-state index contributed by atoms with van der Waals surface area (Å²) < 4.78 is 26.3. The molecule has 36 heavy (non-hydrogen) atoms. The molecule has 0 radical (unpaired) electrons. The predicted molar refractivity (Wildman–Crippen MR) is 141 cm³/mol. The first-order valence-corrected chi connectivity index (χ1v) is 14.0. The second-order valence-corrected chi connectivity index (χ2v) is 11.6. The van der Waals surface area contributed by atoms with Crippen molar-refractivity contribution in [3.63, 3.8) is 0 Å². The van der Waals surface area contributed by atoms with E-state index in [1.807, 2.05) is 36.4 Å². The molecule has 1 aliphatic rings. The normalized spacial score (nSPS) is 17.4. The summed E-state index contributed by atoms with van der Waals surface area (Å²) in [7, 11) is -3.35. The van der Waals surface area contributed by atoms with Gasteiger partial charge in [0.1, 0.15) is 0 Å². The Morgan fingerprint density at radius 2 is 1.53 bits per heavy atom. The largest absolute Gasteiger partial charge is 0.481 e. The van der Waals surface area contributed by atoms with Crippen molar-refractivity contribution in [1.82, 2.24) is 4.98 Å². The standard InChI is InChI=1S/C26H23N3O5S2/c1-36(33,34)29-19-10-13-22-23(14-19)35-26(28-22)27-18-8-6-16(7-9-18)15-2-4-17(5-3-15)24(30)20-11-12-21(20)25(31)32/h2-10,13-14,20-21,29H,11-12H2,1H3,(H,27,28)(H,31,32)/t20-,21-/m0/s1. The first-order chi connectivity index (χ1) is 17.2. The molecular formula is C26H23N3O5S2. The molecule has 2 atom stereocenters. The summed E-state index contributed by atoms with van der Waals surface area (Å²) in [5, 5.41) is 13.2. The summed E-state index contributed by atoms with van der Waals surface area (Å²) in [5.74, 6) is -2.00. The smallest absolute Gasteiger partial charge is 0.307 e.